The van der Waals surface area contributed by atoms with Gasteiger partial charge in [0.05, 0.1) is 41.6 Å². The Kier molecular flexibility index (Phi) is 6.96. The molecule has 0 unspecified atom stereocenters. The molecule has 2 amide bonds. The molecule has 3 heterocycles. The first kappa shape index (κ1) is 23.6. The van der Waals surface area contributed by atoms with E-state index < -0.39 is 12.1 Å². The van der Waals surface area contributed by atoms with Gasteiger partial charge in [0.2, 0.25) is 0 Å². The number of carbonyl (C=O) groups excluding carboxylic acids is 2. The summed E-state index contributed by atoms with van der Waals surface area (Å²) in [6.07, 6.45) is 5.20. The number of fused-ring (bicyclic) bond motifs is 1. The molecule has 0 radical (unpaired) electrons. The fraction of sp³-hybridized carbons (Fsp3) is 0.500. The van der Waals surface area contributed by atoms with Crippen molar-refractivity contribution < 1.29 is 14.7 Å². The molecule has 0 aliphatic heterocycles. The van der Waals surface area contributed by atoms with E-state index in [2.05, 4.69) is 34.4 Å². The second-order valence-electron chi connectivity index (χ2n) is 8.67. The van der Waals surface area contributed by atoms with Crippen LogP contribution in [0.1, 0.15) is 65.3 Å². The maximum absolute atomic E-state index is 12.6. The van der Waals surface area contributed by atoms with E-state index in [-0.39, 0.29) is 22.9 Å². The van der Waals surface area contributed by atoms with Crippen LogP contribution in [0.2, 0.25) is 4.34 Å². The number of aliphatic hydroxyl groups excluding tert-OH is 1. The molecular weight excluding hydrogens is 464 g/mol. The quantitative estimate of drug-likeness (QED) is 0.488. The van der Waals surface area contributed by atoms with Gasteiger partial charge in [-0.15, -0.1) is 0 Å². The smallest absolute Gasteiger partial charge is 0.280 e. The van der Waals surface area contributed by atoms with Gasteiger partial charge in [-0.2, -0.15) is 0 Å². The first-order valence-electron chi connectivity index (χ1n) is 11.0. The lowest BCUT2D eigenvalue weighted by molar-refractivity contribution is 0.0401. The Morgan fingerprint density at radius 3 is 2.73 bits per heavy atom. The third-order valence-corrected chi connectivity index (χ3v) is 6.95. The van der Waals surface area contributed by atoms with E-state index in [0.29, 0.717) is 34.3 Å². The molecule has 0 spiro atoms. The van der Waals surface area contributed by atoms with Crippen molar-refractivity contribution in [1.29, 1.82) is 0 Å². The standard InChI is InChI=1S/C22H27ClN6O3S/c1-11(2)7-18-27-13-8-14(20(31)24-3)25-9-16(13)29(18)15-6-4-5-12(19(15)30)28-21(32)22-26-10-17(23)33-22/h8-12,15,19,30H,4-7H2,1-3H3,(H,24,31)(H,28,32)/t12-,15+,19+/m1/s1. The van der Waals surface area contributed by atoms with Gasteiger partial charge in [0.25, 0.3) is 11.8 Å². The average Bonchev–Trinajstić information content (AvgIpc) is 3.37. The molecule has 3 aromatic rings. The van der Waals surface area contributed by atoms with Crippen LogP contribution in [0.5, 0.6) is 0 Å². The van der Waals surface area contributed by atoms with Gasteiger partial charge in [0, 0.05) is 13.5 Å². The van der Waals surface area contributed by atoms with Crippen LogP contribution in [0.15, 0.2) is 18.5 Å². The number of rotatable bonds is 6. The summed E-state index contributed by atoms with van der Waals surface area (Å²) in [4.78, 5) is 37.8. The van der Waals surface area contributed by atoms with Crippen LogP contribution in [0.4, 0.5) is 0 Å². The van der Waals surface area contributed by atoms with Gasteiger partial charge in [-0.05, 0) is 31.2 Å². The van der Waals surface area contributed by atoms with Crippen molar-refractivity contribution in [2.24, 2.45) is 5.92 Å². The van der Waals surface area contributed by atoms with Crippen molar-refractivity contribution in [2.45, 2.75) is 57.7 Å². The van der Waals surface area contributed by atoms with Gasteiger partial charge in [-0.25, -0.2) is 15.0 Å². The fourth-order valence-corrected chi connectivity index (χ4v) is 5.18. The Morgan fingerprint density at radius 1 is 1.27 bits per heavy atom. The van der Waals surface area contributed by atoms with Gasteiger partial charge < -0.3 is 20.3 Å². The molecule has 4 rings (SSSR count). The Balaban J connectivity index is 1.67. The zero-order valence-corrected chi connectivity index (χ0v) is 20.3. The summed E-state index contributed by atoms with van der Waals surface area (Å²) in [6, 6.07) is 0.964. The van der Waals surface area contributed by atoms with E-state index in [1.54, 1.807) is 19.3 Å². The minimum absolute atomic E-state index is 0.272. The van der Waals surface area contributed by atoms with Crippen LogP contribution in [-0.4, -0.2) is 55.6 Å². The summed E-state index contributed by atoms with van der Waals surface area (Å²) in [5.41, 5.74) is 1.72. The monoisotopic (exact) mass is 490 g/mol. The van der Waals surface area contributed by atoms with Gasteiger partial charge in [-0.1, -0.05) is 36.8 Å². The molecule has 176 valence electrons. The van der Waals surface area contributed by atoms with Crippen molar-refractivity contribution in [1.82, 2.24) is 30.2 Å². The predicted octanol–water partition coefficient (Wildman–Crippen LogP) is 2.98. The Hall–Kier alpha value is -2.56. The van der Waals surface area contributed by atoms with Crippen molar-refractivity contribution in [3.05, 3.63) is 39.3 Å². The Morgan fingerprint density at radius 2 is 2.06 bits per heavy atom. The summed E-state index contributed by atoms with van der Waals surface area (Å²) in [5.74, 6) is 0.558. The topological polar surface area (TPSA) is 122 Å². The van der Waals surface area contributed by atoms with Crippen LogP contribution in [-0.2, 0) is 6.42 Å². The van der Waals surface area contributed by atoms with Crippen molar-refractivity contribution >= 4 is 45.8 Å². The number of aromatic nitrogens is 4. The molecule has 0 aromatic carbocycles. The molecule has 9 nitrogen and oxygen atoms in total. The second kappa shape index (κ2) is 9.74. The number of amides is 2. The van der Waals surface area contributed by atoms with Gasteiger partial charge in [0.15, 0.2) is 5.01 Å². The maximum atomic E-state index is 12.6. The summed E-state index contributed by atoms with van der Waals surface area (Å²) in [7, 11) is 1.56. The van der Waals surface area contributed by atoms with Crippen molar-refractivity contribution in [3.63, 3.8) is 0 Å². The normalized spacial score (nSPS) is 20.8. The molecule has 1 saturated carbocycles. The number of carbonyl (C=O) groups is 2. The van der Waals surface area contributed by atoms with Crippen LogP contribution in [0, 0.1) is 5.92 Å². The summed E-state index contributed by atoms with van der Waals surface area (Å²) in [6.45, 7) is 4.22. The Labute approximate surface area is 200 Å². The number of thiazole rings is 1. The molecule has 1 aliphatic carbocycles. The lowest BCUT2D eigenvalue weighted by atomic mass is 9.87. The lowest BCUT2D eigenvalue weighted by Crippen LogP contribution is -2.49. The molecule has 0 saturated heterocycles. The van der Waals surface area contributed by atoms with E-state index >= 15 is 0 Å². The third kappa shape index (κ3) is 4.87. The molecule has 3 N–H and O–H groups in total. The number of aliphatic hydroxyl groups is 1. The molecule has 11 heteroatoms. The summed E-state index contributed by atoms with van der Waals surface area (Å²) in [5, 5.41) is 17.1. The zero-order chi connectivity index (χ0) is 23.7. The van der Waals surface area contributed by atoms with Crippen LogP contribution < -0.4 is 10.6 Å². The summed E-state index contributed by atoms with van der Waals surface area (Å²) < 4.78 is 2.48. The highest BCUT2D eigenvalue weighted by Gasteiger charge is 2.36. The maximum Gasteiger partial charge on any atom is 0.280 e. The second-order valence-corrected chi connectivity index (χ2v) is 10.3. The average molecular weight is 491 g/mol. The van der Waals surface area contributed by atoms with E-state index in [4.69, 9.17) is 16.6 Å². The highest BCUT2D eigenvalue weighted by Crippen LogP contribution is 2.34. The Bertz CT molecular complexity index is 1180. The number of hydrogen-bond donors (Lipinski definition) is 3. The van der Waals surface area contributed by atoms with Crippen LogP contribution >= 0.6 is 22.9 Å². The molecule has 1 fully saturated rings. The highest BCUT2D eigenvalue weighted by atomic mass is 35.5. The number of nitrogens with zero attached hydrogens (tertiary/aromatic N) is 4. The van der Waals surface area contributed by atoms with E-state index in [9.17, 15) is 14.7 Å². The first-order valence-corrected chi connectivity index (χ1v) is 12.2. The summed E-state index contributed by atoms with van der Waals surface area (Å²) >= 11 is 7.01. The van der Waals surface area contributed by atoms with E-state index in [0.717, 1.165) is 35.5 Å². The number of hydrogen-bond acceptors (Lipinski definition) is 7. The minimum Gasteiger partial charge on any atom is -0.389 e. The molecule has 3 atom stereocenters. The van der Waals surface area contributed by atoms with Gasteiger partial charge in [-0.3, -0.25) is 9.59 Å². The zero-order valence-electron chi connectivity index (χ0n) is 18.7. The number of imidazole rings is 1. The van der Waals surface area contributed by atoms with Crippen LogP contribution in [0.25, 0.3) is 11.0 Å². The number of halogens is 1. The van der Waals surface area contributed by atoms with Gasteiger partial charge in [0.1, 0.15) is 15.9 Å². The first-order chi connectivity index (χ1) is 15.8. The molecule has 1 aliphatic rings. The molecule has 0 bridgehead atoms. The van der Waals surface area contributed by atoms with E-state index in [1.807, 2.05) is 4.57 Å². The van der Waals surface area contributed by atoms with Gasteiger partial charge >= 0.3 is 0 Å². The molecule has 33 heavy (non-hydrogen) atoms. The number of nitrogens with one attached hydrogen (secondary N) is 2. The lowest BCUT2D eigenvalue weighted by Gasteiger charge is -2.37. The predicted molar refractivity (Wildman–Crippen MR) is 127 cm³/mol. The minimum atomic E-state index is -0.819. The fourth-order valence-electron chi connectivity index (χ4n) is 4.36. The van der Waals surface area contributed by atoms with Crippen molar-refractivity contribution in [3.8, 4) is 0 Å². The molecular formula is C22H27ClN6O3S. The highest BCUT2D eigenvalue weighted by molar-refractivity contribution is 7.17. The largest absolute Gasteiger partial charge is 0.389 e. The SMILES string of the molecule is CNC(=O)c1cc2nc(CC(C)C)n([C@H]3CCC[C@@H](NC(=O)c4ncc(Cl)s4)[C@@H]3O)c2cn1. The number of pyridine rings is 1. The third-order valence-electron chi connectivity index (χ3n) is 5.84. The van der Waals surface area contributed by atoms with Crippen molar-refractivity contribution in [2.75, 3.05) is 7.05 Å². The van der Waals surface area contributed by atoms with E-state index in [1.165, 1.54) is 6.20 Å². The molecule has 3 aromatic heterocycles. The van der Waals surface area contributed by atoms with Crippen LogP contribution in [0.3, 0.4) is 0 Å².